The Kier molecular flexibility index (Phi) is 5.34. The molecule has 0 atom stereocenters. The van der Waals surface area contributed by atoms with Crippen LogP contribution in [-0.2, 0) is 14.8 Å². The first kappa shape index (κ1) is 15.5. The molecule has 0 saturated carbocycles. The highest BCUT2D eigenvalue weighted by atomic mass is 35.5. The normalized spacial score (nSPS) is 11.0. The van der Waals surface area contributed by atoms with Gasteiger partial charge in [-0.05, 0) is 18.2 Å². The molecule has 8 heteroatoms. The number of amides is 1. The number of nitrogens with two attached hydrogens (primary N) is 1. The fourth-order valence-corrected chi connectivity index (χ4v) is 2.49. The Morgan fingerprint density at radius 1 is 1.53 bits per heavy atom. The summed E-state index contributed by atoms with van der Waals surface area (Å²) in [4.78, 5) is 10.6. The molecule has 0 heterocycles. The predicted molar refractivity (Wildman–Crippen MR) is 71.5 cm³/mol. The summed E-state index contributed by atoms with van der Waals surface area (Å²) in [6, 6.07) is 3.89. The first-order valence-corrected chi connectivity index (χ1v) is 7.04. The maximum Gasteiger partial charge on any atom is 0.255 e. The zero-order valence-corrected chi connectivity index (χ0v) is 11.5. The molecule has 1 amide bonds. The molecule has 6 nitrogen and oxygen atoms in total. The second kappa shape index (κ2) is 6.55. The Hall–Kier alpha value is -1.57. The molecular formula is C11H13ClN2O4S. The lowest BCUT2D eigenvalue weighted by molar-refractivity contribution is -0.119. The molecule has 0 aliphatic rings. The van der Waals surface area contributed by atoms with Gasteiger partial charge in [0, 0.05) is 6.54 Å². The number of nitrogens with one attached hydrogen (secondary N) is 1. The minimum Gasteiger partial charge on any atom is -0.482 e. The van der Waals surface area contributed by atoms with Crippen LogP contribution in [0, 0.1) is 0 Å². The van der Waals surface area contributed by atoms with Gasteiger partial charge in [0.25, 0.3) is 5.91 Å². The van der Waals surface area contributed by atoms with E-state index < -0.39 is 15.9 Å². The summed E-state index contributed by atoms with van der Waals surface area (Å²) < 4.78 is 30.9. The van der Waals surface area contributed by atoms with E-state index in [0.717, 1.165) is 0 Å². The van der Waals surface area contributed by atoms with E-state index in [1.54, 1.807) is 0 Å². The summed E-state index contributed by atoms with van der Waals surface area (Å²) >= 11 is 5.86. The smallest absolute Gasteiger partial charge is 0.255 e. The molecule has 0 spiro atoms. The molecule has 0 saturated heterocycles. The number of carbonyl (C=O) groups excluding carboxylic acids is 1. The summed E-state index contributed by atoms with van der Waals surface area (Å²) in [5.74, 6) is -0.469. The zero-order valence-electron chi connectivity index (χ0n) is 9.93. The first-order chi connectivity index (χ1) is 8.86. The highest BCUT2D eigenvalue weighted by molar-refractivity contribution is 7.89. The molecule has 1 rings (SSSR count). The van der Waals surface area contributed by atoms with Gasteiger partial charge in [0.2, 0.25) is 10.0 Å². The molecule has 0 radical (unpaired) electrons. The molecule has 0 fully saturated rings. The van der Waals surface area contributed by atoms with E-state index in [2.05, 4.69) is 11.3 Å². The number of carbonyl (C=O) groups is 1. The third-order valence-electron chi connectivity index (χ3n) is 2.00. The average Bonchev–Trinajstić information content (AvgIpc) is 2.34. The minimum atomic E-state index is -3.65. The minimum absolute atomic E-state index is 0.00854. The predicted octanol–water partition coefficient (Wildman–Crippen LogP) is 0.668. The highest BCUT2D eigenvalue weighted by Crippen LogP contribution is 2.27. The van der Waals surface area contributed by atoms with Crippen molar-refractivity contribution in [3.63, 3.8) is 0 Å². The molecule has 1 aromatic carbocycles. The number of hydrogen-bond acceptors (Lipinski definition) is 4. The van der Waals surface area contributed by atoms with Crippen LogP contribution in [0.2, 0.25) is 5.02 Å². The van der Waals surface area contributed by atoms with Crippen molar-refractivity contribution in [3.05, 3.63) is 35.9 Å². The quantitative estimate of drug-likeness (QED) is 0.723. The van der Waals surface area contributed by atoms with E-state index in [0.29, 0.717) is 0 Å². The van der Waals surface area contributed by atoms with Crippen molar-refractivity contribution >= 4 is 27.5 Å². The van der Waals surface area contributed by atoms with Gasteiger partial charge in [0.15, 0.2) is 6.61 Å². The van der Waals surface area contributed by atoms with Crippen LogP contribution in [0.5, 0.6) is 5.75 Å². The van der Waals surface area contributed by atoms with E-state index in [4.69, 9.17) is 22.1 Å². The van der Waals surface area contributed by atoms with Crippen LogP contribution in [0.25, 0.3) is 0 Å². The van der Waals surface area contributed by atoms with Gasteiger partial charge >= 0.3 is 0 Å². The standard InChI is InChI=1S/C11H13ClN2O4S/c1-2-5-14-19(16,17)8-3-4-10(9(12)6-8)18-7-11(13)15/h2-4,6,14H,1,5,7H2,(H2,13,15). The summed E-state index contributed by atoms with van der Waals surface area (Å²) in [5, 5.41) is 0.0720. The van der Waals surface area contributed by atoms with E-state index in [9.17, 15) is 13.2 Å². The second-order valence-electron chi connectivity index (χ2n) is 3.49. The Morgan fingerprint density at radius 3 is 2.74 bits per heavy atom. The van der Waals surface area contributed by atoms with Crippen LogP contribution in [0.4, 0.5) is 0 Å². The lowest BCUT2D eigenvalue weighted by Crippen LogP contribution is -2.23. The number of sulfonamides is 1. The molecule has 0 unspecified atom stereocenters. The van der Waals surface area contributed by atoms with Crippen molar-refractivity contribution in [2.24, 2.45) is 5.73 Å². The van der Waals surface area contributed by atoms with Gasteiger partial charge in [-0.3, -0.25) is 4.79 Å². The van der Waals surface area contributed by atoms with Crippen LogP contribution in [-0.4, -0.2) is 27.5 Å². The Balaban J connectivity index is 2.93. The molecule has 104 valence electrons. The van der Waals surface area contributed by atoms with Crippen LogP contribution >= 0.6 is 11.6 Å². The number of primary amides is 1. The summed E-state index contributed by atoms with van der Waals surface area (Å²) in [7, 11) is -3.65. The zero-order chi connectivity index (χ0) is 14.5. The maximum absolute atomic E-state index is 11.8. The van der Waals surface area contributed by atoms with Crippen molar-refractivity contribution in [3.8, 4) is 5.75 Å². The lowest BCUT2D eigenvalue weighted by Gasteiger charge is -2.09. The molecule has 0 aromatic heterocycles. The van der Waals surface area contributed by atoms with Gasteiger partial charge in [-0.15, -0.1) is 6.58 Å². The number of hydrogen-bond donors (Lipinski definition) is 2. The second-order valence-corrected chi connectivity index (χ2v) is 5.66. The molecule has 0 bridgehead atoms. The van der Waals surface area contributed by atoms with Gasteiger partial charge in [0.05, 0.1) is 9.92 Å². The van der Waals surface area contributed by atoms with Gasteiger partial charge in [-0.2, -0.15) is 0 Å². The molecule has 3 N–H and O–H groups in total. The summed E-state index contributed by atoms with van der Waals surface area (Å²) in [5.41, 5.74) is 4.92. The van der Waals surface area contributed by atoms with Crippen molar-refractivity contribution < 1.29 is 17.9 Å². The highest BCUT2D eigenvalue weighted by Gasteiger charge is 2.15. The number of halogens is 1. The molecular weight excluding hydrogens is 292 g/mol. The van der Waals surface area contributed by atoms with Gasteiger partial charge in [-0.1, -0.05) is 17.7 Å². The third-order valence-corrected chi connectivity index (χ3v) is 3.72. The average molecular weight is 305 g/mol. The molecule has 1 aromatic rings. The SMILES string of the molecule is C=CCNS(=O)(=O)c1ccc(OCC(N)=O)c(Cl)c1. The first-order valence-electron chi connectivity index (χ1n) is 5.18. The Labute approximate surface area is 116 Å². The van der Waals surface area contributed by atoms with Crippen molar-refractivity contribution in [2.75, 3.05) is 13.2 Å². The van der Waals surface area contributed by atoms with Gasteiger partial charge in [0.1, 0.15) is 5.75 Å². The van der Waals surface area contributed by atoms with E-state index in [1.165, 1.54) is 24.3 Å². The molecule has 19 heavy (non-hydrogen) atoms. The van der Waals surface area contributed by atoms with Crippen LogP contribution in [0.3, 0.4) is 0 Å². The number of benzene rings is 1. The fourth-order valence-electron chi connectivity index (χ4n) is 1.17. The van der Waals surface area contributed by atoms with Crippen molar-refractivity contribution in [1.29, 1.82) is 0 Å². The summed E-state index contributed by atoms with van der Waals surface area (Å²) in [6.45, 7) is 3.19. The van der Waals surface area contributed by atoms with E-state index in [-0.39, 0.29) is 28.8 Å². The summed E-state index contributed by atoms with van der Waals surface area (Å²) in [6.07, 6.45) is 1.42. The van der Waals surface area contributed by atoms with E-state index in [1.807, 2.05) is 0 Å². The van der Waals surface area contributed by atoms with Gasteiger partial charge < -0.3 is 10.5 Å². The Morgan fingerprint density at radius 2 is 2.21 bits per heavy atom. The van der Waals surface area contributed by atoms with Crippen LogP contribution in [0.1, 0.15) is 0 Å². The topological polar surface area (TPSA) is 98.5 Å². The fraction of sp³-hybridized carbons (Fsp3) is 0.182. The monoisotopic (exact) mass is 304 g/mol. The van der Waals surface area contributed by atoms with Gasteiger partial charge in [-0.25, -0.2) is 13.1 Å². The number of rotatable bonds is 7. The largest absolute Gasteiger partial charge is 0.482 e. The lowest BCUT2D eigenvalue weighted by atomic mass is 10.3. The molecule has 0 aliphatic heterocycles. The van der Waals surface area contributed by atoms with Crippen LogP contribution < -0.4 is 15.2 Å². The third kappa shape index (κ3) is 4.55. The van der Waals surface area contributed by atoms with Crippen LogP contribution in [0.15, 0.2) is 35.7 Å². The van der Waals surface area contributed by atoms with Crippen molar-refractivity contribution in [1.82, 2.24) is 4.72 Å². The molecule has 0 aliphatic carbocycles. The Bertz CT molecular complexity index is 586. The number of ether oxygens (including phenoxy) is 1. The van der Waals surface area contributed by atoms with E-state index >= 15 is 0 Å². The maximum atomic E-state index is 11.8. The van der Waals surface area contributed by atoms with Crippen molar-refractivity contribution in [2.45, 2.75) is 4.90 Å².